The first-order chi connectivity index (χ1) is 9.40. The van der Waals surface area contributed by atoms with Gasteiger partial charge in [-0.1, -0.05) is 34.1 Å². The van der Waals surface area contributed by atoms with Crippen molar-refractivity contribution in [1.29, 1.82) is 0 Å². The Labute approximate surface area is 146 Å². The second kappa shape index (κ2) is 17.7. The number of halogens is 1. The van der Waals surface area contributed by atoms with E-state index in [0.29, 0.717) is 0 Å². The zero-order chi connectivity index (χ0) is 16.8. The Morgan fingerprint density at radius 1 is 1.00 bits per heavy atom. The molecule has 0 aliphatic carbocycles. The number of hydrogen-bond acceptors (Lipinski definition) is 1. The molecule has 1 aromatic rings. The van der Waals surface area contributed by atoms with Crippen molar-refractivity contribution in [2.45, 2.75) is 32.7 Å². The molecule has 0 radical (unpaired) electrons. The molecule has 0 fully saturated rings. The van der Waals surface area contributed by atoms with Crippen LogP contribution in [-0.2, 0) is 35.7 Å². The minimum absolute atomic E-state index is 0. The van der Waals surface area contributed by atoms with E-state index in [9.17, 15) is 0 Å². The molecule has 0 aliphatic heterocycles. The summed E-state index contributed by atoms with van der Waals surface area (Å²) < 4.78 is 29.6. The molecular weight excluding hydrogens is 392 g/mol. The minimum Gasteiger partial charge on any atom is 0 e. The Hall–Kier alpha value is -0.371. The summed E-state index contributed by atoms with van der Waals surface area (Å²) in [6, 6.07) is 8.23. The number of benzene rings is 1. The van der Waals surface area contributed by atoms with Gasteiger partial charge >= 0.3 is 33.9 Å². The first-order valence-corrected chi connectivity index (χ1v) is 9.64. The average Bonchev–Trinajstić information content (AvgIpc) is 2.44. The first-order valence-electron chi connectivity index (χ1n) is 5.43. The summed E-state index contributed by atoms with van der Waals surface area (Å²) >= 11 is 3.54. The molecule has 7 heteroatoms. The maximum atomic E-state index is 7.50. The molecule has 0 aliphatic rings. The summed E-state index contributed by atoms with van der Waals surface area (Å²) in [5, 5.41) is 0. The van der Waals surface area contributed by atoms with E-state index in [4.69, 9.17) is 18.4 Å². The standard InChI is InChI=1S/C11H17BrOSi.3CO.Cr/c1-9(13-14(2,3)4)10-7-5-6-8-11(10)12;3*1-2;/h5-9H,1-4H3;;;;. The zero-order valence-corrected chi connectivity index (χ0v) is 16.2. The Bertz CT molecular complexity index is 413. The second-order valence-corrected chi connectivity index (χ2v) is 9.71. The first kappa shape index (κ1) is 28.7. The molecule has 0 N–H and O–H groups in total. The summed E-state index contributed by atoms with van der Waals surface area (Å²) in [6.07, 6.45) is 0.178. The fraction of sp³-hybridized carbons (Fsp3) is 0.357. The molecule has 4 nitrogen and oxygen atoms in total. The SMILES string of the molecule is CC(O[Si](C)(C)C)c1ccccc1Br.[C-]#[O+].[C-]#[O+].[C-]#[O+].[Cr]. The number of hydrogen-bond donors (Lipinski definition) is 0. The fourth-order valence-corrected chi connectivity index (χ4v) is 3.19. The van der Waals surface area contributed by atoms with Crippen LogP contribution >= 0.6 is 15.9 Å². The molecule has 0 heterocycles. The molecule has 0 spiro atoms. The topological polar surface area (TPSA) is 68.9 Å². The summed E-state index contributed by atoms with van der Waals surface area (Å²) in [7, 11) is -1.45. The minimum atomic E-state index is -1.45. The Morgan fingerprint density at radius 3 is 1.71 bits per heavy atom. The van der Waals surface area contributed by atoms with Crippen LogP contribution in [0.15, 0.2) is 28.7 Å². The van der Waals surface area contributed by atoms with E-state index >= 15 is 0 Å². The van der Waals surface area contributed by atoms with Crippen molar-refractivity contribution in [2.24, 2.45) is 0 Å². The van der Waals surface area contributed by atoms with Crippen LogP contribution in [0.5, 0.6) is 0 Å². The van der Waals surface area contributed by atoms with Gasteiger partial charge in [-0.15, -0.1) is 0 Å². The van der Waals surface area contributed by atoms with Crippen LogP contribution in [0.3, 0.4) is 0 Å². The molecule has 114 valence electrons. The molecule has 1 unspecified atom stereocenters. The summed E-state index contributed by atoms with van der Waals surface area (Å²) in [5.41, 5.74) is 1.23. The molecule has 1 rings (SSSR count). The van der Waals surface area contributed by atoms with E-state index in [1.165, 1.54) is 5.56 Å². The Kier molecular flexibility index (Phi) is 24.2. The van der Waals surface area contributed by atoms with Gasteiger partial charge < -0.3 is 4.43 Å². The van der Waals surface area contributed by atoms with E-state index in [-0.39, 0.29) is 23.5 Å². The molecule has 21 heavy (non-hydrogen) atoms. The Morgan fingerprint density at radius 2 is 1.38 bits per heavy atom. The molecule has 0 bridgehead atoms. The third kappa shape index (κ3) is 15.8. The number of rotatable bonds is 3. The normalized spacial score (nSPS) is 9.67. The molecule has 0 amide bonds. The zero-order valence-electron chi connectivity index (χ0n) is 12.3. The summed E-state index contributed by atoms with van der Waals surface area (Å²) in [5.74, 6) is 0. The van der Waals surface area contributed by atoms with Crippen LogP contribution < -0.4 is 0 Å². The van der Waals surface area contributed by atoms with Crippen molar-refractivity contribution in [3.05, 3.63) is 54.3 Å². The van der Waals surface area contributed by atoms with Gasteiger partial charge in [-0.25, -0.2) is 0 Å². The van der Waals surface area contributed by atoms with Crippen molar-refractivity contribution >= 4 is 24.2 Å². The molecular formula is C14H17BrCrO4Si. The second-order valence-electron chi connectivity index (χ2n) is 4.39. The van der Waals surface area contributed by atoms with Crippen molar-refractivity contribution in [1.82, 2.24) is 0 Å². The predicted octanol–water partition coefficient (Wildman–Crippen LogP) is 4.25. The third-order valence-corrected chi connectivity index (χ3v) is 3.66. The van der Waals surface area contributed by atoms with Gasteiger partial charge in [0, 0.05) is 21.8 Å². The Balaban J connectivity index is -0.000000183. The van der Waals surface area contributed by atoms with Crippen LogP contribution in [0.1, 0.15) is 18.6 Å². The van der Waals surface area contributed by atoms with Gasteiger partial charge in [-0.05, 0) is 38.2 Å². The van der Waals surface area contributed by atoms with Gasteiger partial charge in [-0.3, -0.25) is 0 Å². The summed E-state index contributed by atoms with van der Waals surface area (Å²) in [4.78, 5) is 0. The molecule has 1 aromatic carbocycles. The molecule has 0 saturated carbocycles. The largest absolute Gasteiger partial charge is 0 e. The maximum absolute atomic E-state index is 7.50. The van der Waals surface area contributed by atoms with E-state index in [1.54, 1.807) is 0 Å². The van der Waals surface area contributed by atoms with Crippen molar-refractivity contribution < 1.29 is 35.7 Å². The van der Waals surface area contributed by atoms with E-state index < -0.39 is 8.32 Å². The van der Waals surface area contributed by atoms with E-state index in [0.717, 1.165) is 4.47 Å². The van der Waals surface area contributed by atoms with Crippen LogP contribution in [-0.4, -0.2) is 8.32 Å². The van der Waals surface area contributed by atoms with E-state index in [2.05, 4.69) is 74.6 Å². The smallest absolute Gasteiger partial charge is 0 e. The van der Waals surface area contributed by atoms with Crippen LogP contribution in [0.4, 0.5) is 0 Å². The van der Waals surface area contributed by atoms with Gasteiger partial charge in [0.2, 0.25) is 0 Å². The van der Waals surface area contributed by atoms with Gasteiger partial charge in [0.1, 0.15) is 0 Å². The monoisotopic (exact) mass is 408 g/mol. The predicted molar refractivity (Wildman–Crippen MR) is 78.8 cm³/mol. The van der Waals surface area contributed by atoms with Gasteiger partial charge in [0.05, 0.1) is 6.10 Å². The molecule has 0 saturated heterocycles. The maximum Gasteiger partial charge on any atom is 0 e. The molecule has 0 aromatic heterocycles. The van der Waals surface area contributed by atoms with Gasteiger partial charge in [0.15, 0.2) is 8.32 Å². The quantitative estimate of drug-likeness (QED) is 0.418. The molecule has 1 atom stereocenters. The van der Waals surface area contributed by atoms with Crippen LogP contribution in [0.25, 0.3) is 0 Å². The van der Waals surface area contributed by atoms with Crippen molar-refractivity contribution in [3.63, 3.8) is 0 Å². The van der Waals surface area contributed by atoms with Crippen molar-refractivity contribution in [3.8, 4) is 0 Å². The summed E-state index contributed by atoms with van der Waals surface area (Å²) in [6.45, 7) is 22.2. The van der Waals surface area contributed by atoms with E-state index in [1.807, 2.05) is 12.1 Å². The van der Waals surface area contributed by atoms with Crippen LogP contribution in [0.2, 0.25) is 19.6 Å². The average molecular weight is 409 g/mol. The van der Waals surface area contributed by atoms with Crippen LogP contribution in [0, 0.1) is 20.0 Å². The van der Waals surface area contributed by atoms with Gasteiger partial charge in [-0.2, -0.15) is 0 Å². The third-order valence-electron chi connectivity index (χ3n) is 1.87. The van der Waals surface area contributed by atoms with Crippen molar-refractivity contribution in [2.75, 3.05) is 0 Å². The van der Waals surface area contributed by atoms with Gasteiger partial charge in [0.25, 0.3) is 0 Å². The fourth-order valence-electron chi connectivity index (χ4n) is 1.40.